The Labute approximate surface area is 122 Å². The van der Waals surface area contributed by atoms with Gasteiger partial charge < -0.3 is 25.6 Å². The van der Waals surface area contributed by atoms with E-state index in [0.29, 0.717) is 0 Å². The number of benzene rings is 1. The molecule has 7 heteroatoms. The molecule has 2 atom stereocenters. The molecule has 4 N–H and O–H groups in total. The molecule has 2 unspecified atom stereocenters. The van der Waals surface area contributed by atoms with Crippen molar-refractivity contribution < 1.29 is 24.5 Å². The molecule has 0 heterocycles. The van der Waals surface area contributed by atoms with Gasteiger partial charge in [-0.2, -0.15) is 0 Å². The van der Waals surface area contributed by atoms with Crippen LogP contribution in [0.25, 0.3) is 0 Å². The Bertz CT molecular complexity index is 452. The number of amides is 2. The van der Waals surface area contributed by atoms with Crippen LogP contribution in [0.15, 0.2) is 30.3 Å². The molecule has 1 rings (SSSR count). The molecule has 2 amide bonds. The molecule has 0 aliphatic carbocycles. The standard InChI is InChI=1S/C14H20N2O5/c1-10(13(19)15-7-12(18)8-17)16-14(20)21-9-11-5-3-2-4-6-11/h2-6,10,12,17-18H,7-9H2,1H3,(H,15,19)(H,16,20). The van der Waals surface area contributed by atoms with Gasteiger partial charge in [-0.15, -0.1) is 0 Å². The van der Waals surface area contributed by atoms with E-state index in [1.165, 1.54) is 6.92 Å². The van der Waals surface area contributed by atoms with Crippen molar-refractivity contribution in [1.29, 1.82) is 0 Å². The first-order valence-electron chi connectivity index (χ1n) is 6.56. The van der Waals surface area contributed by atoms with Crippen molar-refractivity contribution in [1.82, 2.24) is 10.6 Å². The van der Waals surface area contributed by atoms with Gasteiger partial charge in [0.2, 0.25) is 5.91 Å². The lowest BCUT2D eigenvalue weighted by Crippen LogP contribution is -2.47. The zero-order valence-electron chi connectivity index (χ0n) is 11.8. The van der Waals surface area contributed by atoms with E-state index in [1.807, 2.05) is 30.3 Å². The number of carbonyl (C=O) groups is 2. The Balaban J connectivity index is 2.28. The lowest BCUT2D eigenvalue weighted by Gasteiger charge is -2.15. The number of ether oxygens (including phenoxy) is 1. The average Bonchev–Trinajstić information content (AvgIpc) is 2.51. The van der Waals surface area contributed by atoms with Gasteiger partial charge in [0.25, 0.3) is 0 Å². The summed E-state index contributed by atoms with van der Waals surface area (Å²) in [6.45, 7) is 1.08. The Hall–Kier alpha value is -2.12. The van der Waals surface area contributed by atoms with Gasteiger partial charge in [-0.25, -0.2) is 4.79 Å². The predicted octanol–water partition coefficient (Wildman–Crippen LogP) is -0.229. The van der Waals surface area contributed by atoms with Crippen LogP contribution in [-0.2, 0) is 16.1 Å². The molecule has 1 aromatic rings. The molecule has 21 heavy (non-hydrogen) atoms. The Morgan fingerprint density at radius 3 is 2.57 bits per heavy atom. The normalized spacial score (nSPS) is 13.1. The van der Waals surface area contributed by atoms with E-state index in [1.54, 1.807) is 0 Å². The fourth-order valence-corrected chi connectivity index (χ4v) is 1.44. The topological polar surface area (TPSA) is 108 Å². The highest BCUT2D eigenvalue weighted by molar-refractivity contribution is 5.85. The molecule has 116 valence electrons. The molecule has 0 aromatic heterocycles. The van der Waals surface area contributed by atoms with Crippen LogP contribution >= 0.6 is 0 Å². The zero-order valence-corrected chi connectivity index (χ0v) is 11.8. The van der Waals surface area contributed by atoms with Gasteiger partial charge >= 0.3 is 6.09 Å². The van der Waals surface area contributed by atoms with Crippen molar-refractivity contribution in [2.24, 2.45) is 0 Å². The first-order chi connectivity index (χ1) is 10.0. The lowest BCUT2D eigenvalue weighted by atomic mass is 10.2. The highest BCUT2D eigenvalue weighted by atomic mass is 16.5. The number of carbonyl (C=O) groups excluding carboxylic acids is 2. The molecule has 0 bridgehead atoms. The van der Waals surface area contributed by atoms with Crippen LogP contribution in [-0.4, -0.2) is 47.5 Å². The van der Waals surface area contributed by atoms with Crippen molar-refractivity contribution in [3.8, 4) is 0 Å². The number of aliphatic hydroxyl groups is 2. The maximum absolute atomic E-state index is 11.6. The van der Waals surface area contributed by atoms with Crippen LogP contribution < -0.4 is 10.6 Å². The lowest BCUT2D eigenvalue weighted by molar-refractivity contribution is -0.123. The number of nitrogens with one attached hydrogen (secondary N) is 2. The highest BCUT2D eigenvalue weighted by Gasteiger charge is 2.16. The fourth-order valence-electron chi connectivity index (χ4n) is 1.44. The summed E-state index contributed by atoms with van der Waals surface area (Å²) in [6.07, 6.45) is -1.73. The van der Waals surface area contributed by atoms with E-state index < -0.39 is 30.8 Å². The monoisotopic (exact) mass is 296 g/mol. The van der Waals surface area contributed by atoms with Crippen molar-refractivity contribution in [3.05, 3.63) is 35.9 Å². The third-order valence-electron chi connectivity index (χ3n) is 2.66. The second-order valence-electron chi connectivity index (χ2n) is 4.51. The third kappa shape index (κ3) is 6.73. The number of alkyl carbamates (subject to hydrolysis) is 1. The SMILES string of the molecule is CC(NC(=O)OCc1ccccc1)C(=O)NCC(O)CO. The number of aliphatic hydroxyl groups excluding tert-OH is 2. The van der Waals surface area contributed by atoms with Gasteiger partial charge in [-0.1, -0.05) is 30.3 Å². The molecule has 7 nitrogen and oxygen atoms in total. The van der Waals surface area contributed by atoms with Crippen molar-refractivity contribution in [2.45, 2.75) is 25.7 Å². The van der Waals surface area contributed by atoms with Crippen LogP contribution in [0, 0.1) is 0 Å². The predicted molar refractivity (Wildman–Crippen MR) is 75.3 cm³/mol. The molecular weight excluding hydrogens is 276 g/mol. The molecule has 0 aliphatic heterocycles. The van der Waals surface area contributed by atoms with Crippen LogP contribution in [0.5, 0.6) is 0 Å². The molecule has 0 spiro atoms. The van der Waals surface area contributed by atoms with E-state index in [-0.39, 0.29) is 13.2 Å². The van der Waals surface area contributed by atoms with Gasteiger partial charge in [0, 0.05) is 6.54 Å². The fraction of sp³-hybridized carbons (Fsp3) is 0.429. The van der Waals surface area contributed by atoms with Gasteiger partial charge in [0.05, 0.1) is 12.7 Å². The molecule has 0 saturated carbocycles. The van der Waals surface area contributed by atoms with Crippen molar-refractivity contribution in [3.63, 3.8) is 0 Å². The van der Waals surface area contributed by atoms with E-state index in [0.717, 1.165) is 5.56 Å². The second kappa shape index (κ2) is 8.93. The van der Waals surface area contributed by atoms with Crippen molar-refractivity contribution in [2.75, 3.05) is 13.2 Å². The summed E-state index contributed by atoms with van der Waals surface area (Å²) >= 11 is 0. The van der Waals surface area contributed by atoms with Gasteiger partial charge in [-0.05, 0) is 12.5 Å². The zero-order chi connectivity index (χ0) is 15.7. The first-order valence-corrected chi connectivity index (χ1v) is 6.56. The minimum absolute atomic E-state index is 0.0829. The summed E-state index contributed by atoms with van der Waals surface area (Å²) in [5, 5.41) is 22.5. The number of hydrogen-bond donors (Lipinski definition) is 4. The van der Waals surface area contributed by atoms with E-state index in [4.69, 9.17) is 14.9 Å². The number of hydrogen-bond acceptors (Lipinski definition) is 5. The van der Waals surface area contributed by atoms with Crippen LogP contribution in [0.3, 0.4) is 0 Å². The summed E-state index contributed by atoms with van der Waals surface area (Å²) in [5.41, 5.74) is 0.843. The Kier molecular flexibility index (Phi) is 7.20. The average molecular weight is 296 g/mol. The van der Waals surface area contributed by atoms with Crippen LogP contribution in [0.2, 0.25) is 0 Å². The summed E-state index contributed by atoms with van der Waals surface area (Å²) < 4.78 is 4.98. The molecule has 0 fully saturated rings. The highest BCUT2D eigenvalue weighted by Crippen LogP contribution is 2.00. The third-order valence-corrected chi connectivity index (χ3v) is 2.66. The largest absolute Gasteiger partial charge is 0.445 e. The summed E-state index contributed by atoms with van der Waals surface area (Å²) in [7, 11) is 0. The maximum atomic E-state index is 11.6. The van der Waals surface area contributed by atoms with E-state index in [2.05, 4.69) is 10.6 Å². The summed E-state index contributed by atoms with van der Waals surface area (Å²) in [6, 6.07) is 8.35. The summed E-state index contributed by atoms with van der Waals surface area (Å²) in [5.74, 6) is -0.473. The van der Waals surface area contributed by atoms with E-state index in [9.17, 15) is 9.59 Å². The first kappa shape index (κ1) is 16.9. The van der Waals surface area contributed by atoms with Gasteiger partial charge in [-0.3, -0.25) is 4.79 Å². The second-order valence-corrected chi connectivity index (χ2v) is 4.51. The quantitative estimate of drug-likeness (QED) is 0.556. The molecule has 0 radical (unpaired) electrons. The van der Waals surface area contributed by atoms with Crippen LogP contribution in [0.1, 0.15) is 12.5 Å². The van der Waals surface area contributed by atoms with Crippen LogP contribution in [0.4, 0.5) is 4.79 Å². The Morgan fingerprint density at radius 1 is 1.29 bits per heavy atom. The summed E-state index contributed by atoms with van der Waals surface area (Å²) in [4.78, 5) is 23.1. The number of rotatable bonds is 7. The van der Waals surface area contributed by atoms with E-state index >= 15 is 0 Å². The molecular formula is C14H20N2O5. The molecule has 0 saturated heterocycles. The maximum Gasteiger partial charge on any atom is 0.408 e. The molecule has 0 aliphatic rings. The van der Waals surface area contributed by atoms with Gasteiger partial charge in [0.1, 0.15) is 12.6 Å². The minimum atomic E-state index is -1.02. The van der Waals surface area contributed by atoms with Gasteiger partial charge in [0.15, 0.2) is 0 Å². The minimum Gasteiger partial charge on any atom is -0.445 e. The smallest absolute Gasteiger partial charge is 0.408 e. The van der Waals surface area contributed by atoms with Crippen molar-refractivity contribution >= 4 is 12.0 Å². The Morgan fingerprint density at radius 2 is 1.95 bits per heavy atom. The molecule has 1 aromatic carbocycles.